The van der Waals surface area contributed by atoms with Gasteiger partial charge in [0, 0.05) is 21.7 Å². The number of aryl methyl sites for hydroxylation is 2. The summed E-state index contributed by atoms with van der Waals surface area (Å²) in [5.74, 6) is 0.433. The number of thiophene rings is 1. The van der Waals surface area contributed by atoms with Gasteiger partial charge in [-0.3, -0.25) is 4.79 Å². The van der Waals surface area contributed by atoms with Crippen LogP contribution in [0.3, 0.4) is 0 Å². The number of rotatable bonds is 5. The van der Waals surface area contributed by atoms with Crippen molar-refractivity contribution in [2.75, 3.05) is 6.54 Å². The summed E-state index contributed by atoms with van der Waals surface area (Å²) in [5, 5.41) is 16.7. The van der Waals surface area contributed by atoms with Crippen LogP contribution in [-0.4, -0.2) is 22.7 Å². The van der Waals surface area contributed by atoms with Crippen molar-refractivity contribution < 1.29 is 14.4 Å². The second kappa shape index (κ2) is 6.69. The summed E-state index contributed by atoms with van der Waals surface area (Å²) in [6.07, 6.45) is 4.02. The number of nitrogens with one attached hydrogen (secondary N) is 1. The number of aliphatic hydroxyl groups excluding tert-OH is 1. The molecule has 0 aliphatic heterocycles. The molecule has 1 fully saturated rings. The van der Waals surface area contributed by atoms with E-state index in [0.29, 0.717) is 23.6 Å². The van der Waals surface area contributed by atoms with Gasteiger partial charge in [0.2, 0.25) is 0 Å². The number of hydrogen-bond donors (Lipinski definition) is 2. The summed E-state index contributed by atoms with van der Waals surface area (Å²) in [7, 11) is 0. The average Bonchev–Trinajstić information content (AvgIpc) is 3.25. The van der Waals surface area contributed by atoms with Crippen LogP contribution in [0.25, 0.3) is 0 Å². The van der Waals surface area contributed by atoms with E-state index >= 15 is 0 Å². The van der Waals surface area contributed by atoms with Crippen LogP contribution in [0.15, 0.2) is 16.7 Å². The molecule has 5 nitrogen and oxygen atoms in total. The number of aliphatic hydroxyl groups is 1. The predicted octanol–water partition coefficient (Wildman–Crippen LogP) is 3.65. The van der Waals surface area contributed by atoms with Crippen LogP contribution in [0.4, 0.5) is 0 Å². The minimum Gasteiger partial charge on any atom is -0.388 e. The molecule has 0 bridgehead atoms. The summed E-state index contributed by atoms with van der Waals surface area (Å²) in [5.41, 5.74) is 1.14. The highest BCUT2D eigenvalue weighted by Crippen LogP contribution is 2.44. The SMILES string of the molecule is Cc1noc(C)c1C(=O)NCC1(c2ccc(C(C)O)s2)CCCC1. The molecule has 1 amide bonds. The van der Waals surface area contributed by atoms with Gasteiger partial charge in [0.1, 0.15) is 11.3 Å². The van der Waals surface area contributed by atoms with Crippen molar-refractivity contribution in [3.05, 3.63) is 38.9 Å². The first-order valence-electron chi connectivity index (χ1n) is 8.42. The van der Waals surface area contributed by atoms with Crippen molar-refractivity contribution >= 4 is 17.2 Å². The van der Waals surface area contributed by atoms with Crippen LogP contribution in [0.2, 0.25) is 0 Å². The van der Waals surface area contributed by atoms with Crippen LogP contribution in [-0.2, 0) is 5.41 Å². The molecule has 2 aromatic heterocycles. The summed E-state index contributed by atoms with van der Waals surface area (Å²) in [6, 6.07) is 4.11. The Morgan fingerprint density at radius 3 is 2.67 bits per heavy atom. The quantitative estimate of drug-likeness (QED) is 0.865. The van der Waals surface area contributed by atoms with E-state index in [9.17, 15) is 9.90 Å². The van der Waals surface area contributed by atoms with Gasteiger partial charge in [-0.2, -0.15) is 0 Å². The highest BCUT2D eigenvalue weighted by atomic mass is 32.1. The van der Waals surface area contributed by atoms with E-state index in [1.807, 2.05) is 6.07 Å². The second-order valence-electron chi connectivity index (χ2n) is 6.75. The molecule has 0 spiro atoms. The van der Waals surface area contributed by atoms with Crippen LogP contribution in [0.1, 0.15) is 70.3 Å². The number of carbonyl (C=O) groups excluding carboxylic acids is 1. The standard InChI is InChI=1S/C18H24N2O3S/c1-11-16(13(3)23-20-11)17(22)19-10-18(8-4-5-9-18)15-7-6-14(24-15)12(2)21/h6-7,12,21H,4-5,8-10H2,1-3H3,(H,19,22). The highest BCUT2D eigenvalue weighted by Gasteiger charge is 2.37. The maximum absolute atomic E-state index is 12.5. The van der Waals surface area contributed by atoms with Crippen LogP contribution < -0.4 is 5.32 Å². The Hall–Kier alpha value is -1.66. The third-order valence-electron chi connectivity index (χ3n) is 4.97. The van der Waals surface area contributed by atoms with E-state index < -0.39 is 6.10 Å². The number of aromatic nitrogens is 1. The lowest BCUT2D eigenvalue weighted by Crippen LogP contribution is -2.38. The van der Waals surface area contributed by atoms with E-state index in [0.717, 1.165) is 17.7 Å². The summed E-state index contributed by atoms with van der Waals surface area (Å²) in [6.45, 7) is 5.94. The van der Waals surface area contributed by atoms with Gasteiger partial charge in [-0.1, -0.05) is 18.0 Å². The topological polar surface area (TPSA) is 75.4 Å². The lowest BCUT2D eigenvalue weighted by molar-refractivity contribution is 0.0941. The molecule has 0 aromatic carbocycles. The lowest BCUT2D eigenvalue weighted by atomic mass is 9.84. The molecule has 3 rings (SSSR count). The zero-order valence-electron chi connectivity index (χ0n) is 14.4. The van der Waals surface area contributed by atoms with Gasteiger partial charge < -0.3 is 14.9 Å². The summed E-state index contributed by atoms with van der Waals surface area (Å²) in [4.78, 5) is 14.8. The normalized spacial score (nSPS) is 17.8. The molecule has 2 aromatic rings. The molecule has 1 atom stereocenters. The Morgan fingerprint density at radius 2 is 2.12 bits per heavy atom. The van der Waals surface area contributed by atoms with E-state index in [1.165, 1.54) is 17.7 Å². The van der Waals surface area contributed by atoms with Crippen molar-refractivity contribution in [3.8, 4) is 0 Å². The Bertz CT molecular complexity index is 707. The third kappa shape index (κ3) is 3.13. The fourth-order valence-corrected chi connectivity index (χ4v) is 4.76. The van der Waals surface area contributed by atoms with Crippen LogP contribution >= 0.6 is 11.3 Å². The number of amides is 1. The molecule has 1 unspecified atom stereocenters. The fraction of sp³-hybridized carbons (Fsp3) is 0.556. The Kier molecular flexibility index (Phi) is 4.78. The first-order valence-corrected chi connectivity index (χ1v) is 9.24. The van der Waals surface area contributed by atoms with E-state index in [4.69, 9.17) is 4.52 Å². The largest absolute Gasteiger partial charge is 0.388 e. The van der Waals surface area contributed by atoms with Gasteiger partial charge in [-0.15, -0.1) is 11.3 Å². The summed E-state index contributed by atoms with van der Waals surface area (Å²) >= 11 is 1.66. The van der Waals surface area contributed by atoms with Crippen molar-refractivity contribution in [2.24, 2.45) is 0 Å². The number of hydrogen-bond acceptors (Lipinski definition) is 5. The monoisotopic (exact) mass is 348 g/mol. The van der Waals surface area contributed by atoms with Crippen molar-refractivity contribution in [1.82, 2.24) is 10.5 Å². The molecule has 6 heteroatoms. The van der Waals surface area contributed by atoms with Gasteiger partial charge in [-0.05, 0) is 45.7 Å². The van der Waals surface area contributed by atoms with Crippen molar-refractivity contribution in [1.29, 1.82) is 0 Å². The third-order valence-corrected chi connectivity index (χ3v) is 6.47. The Morgan fingerprint density at radius 1 is 1.42 bits per heavy atom. The van der Waals surface area contributed by atoms with Gasteiger partial charge in [0.05, 0.1) is 11.8 Å². The zero-order valence-corrected chi connectivity index (χ0v) is 15.2. The molecule has 0 radical (unpaired) electrons. The maximum Gasteiger partial charge on any atom is 0.256 e. The molecular formula is C18H24N2O3S. The minimum atomic E-state index is -0.445. The average molecular weight is 348 g/mol. The molecule has 1 aliphatic rings. The lowest BCUT2D eigenvalue weighted by Gasteiger charge is -2.28. The van der Waals surface area contributed by atoms with Crippen molar-refractivity contribution in [2.45, 2.75) is 58.0 Å². The number of carbonyl (C=O) groups is 1. The first kappa shape index (κ1) is 17.2. The van der Waals surface area contributed by atoms with Gasteiger partial charge >= 0.3 is 0 Å². The molecule has 1 saturated carbocycles. The highest BCUT2D eigenvalue weighted by molar-refractivity contribution is 7.12. The molecule has 0 saturated heterocycles. The summed E-state index contributed by atoms with van der Waals surface area (Å²) < 4.78 is 5.09. The Balaban J connectivity index is 1.78. The molecule has 2 N–H and O–H groups in total. The van der Waals surface area contributed by atoms with Gasteiger partial charge in [0.15, 0.2) is 0 Å². The second-order valence-corrected chi connectivity index (χ2v) is 7.86. The maximum atomic E-state index is 12.5. The number of nitrogens with zero attached hydrogens (tertiary/aromatic N) is 1. The zero-order chi connectivity index (χ0) is 17.3. The smallest absolute Gasteiger partial charge is 0.256 e. The van der Waals surface area contributed by atoms with Crippen molar-refractivity contribution in [3.63, 3.8) is 0 Å². The van der Waals surface area contributed by atoms with Gasteiger partial charge in [-0.25, -0.2) is 0 Å². The van der Waals surface area contributed by atoms with Crippen LogP contribution in [0, 0.1) is 13.8 Å². The van der Waals surface area contributed by atoms with Crippen LogP contribution in [0.5, 0.6) is 0 Å². The van der Waals surface area contributed by atoms with Gasteiger partial charge in [0.25, 0.3) is 5.91 Å². The molecule has 2 heterocycles. The first-order chi connectivity index (χ1) is 11.4. The fourth-order valence-electron chi connectivity index (χ4n) is 3.57. The molecular weight excluding hydrogens is 324 g/mol. The molecule has 130 valence electrons. The van der Waals surface area contributed by atoms with E-state index in [2.05, 4.69) is 16.5 Å². The van der Waals surface area contributed by atoms with E-state index in [1.54, 1.807) is 32.1 Å². The minimum absolute atomic E-state index is 0.0214. The molecule has 24 heavy (non-hydrogen) atoms. The predicted molar refractivity (Wildman–Crippen MR) is 93.4 cm³/mol. The molecule has 1 aliphatic carbocycles. The van der Waals surface area contributed by atoms with E-state index in [-0.39, 0.29) is 11.3 Å². The Labute approximate surface area is 146 Å².